The topological polar surface area (TPSA) is 87.7 Å². The van der Waals surface area contributed by atoms with Crippen molar-refractivity contribution in [1.82, 2.24) is 0 Å². The molecule has 0 aromatic carbocycles. The third-order valence-corrected chi connectivity index (χ3v) is 2.12. The molecule has 0 amide bonds. The van der Waals surface area contributed by atoms with Crippen molar-refractivity contribution in [2.24, 2.45) is 0 Å². The fourth-order valence-electron chi connectivity index (χ4n) is 1.48. The highest BCUT2D eigenvalue weighted by molar-refractivity contribution is 6.03. The summed E-state index contributed by atoms with van der Waals surface area (Å²) in [5, 5.41) is 17.8. The molecule has 0 unspecified atom stereocenters. The summed E-state index contributed by atoms with van der Waals surface area (Å²) in [6, 6.07) is 0. The molecule has 0 aliphatic carbocycles. The van der Waals surface area contributed by atoms with Gasteiger partial charge in [0.25, 0.3) is 0 Å². The van der Waals surface area contributed by atoms with Crippen LogP contribution in [0.4, 0.5) is 0 Å². The van der Waals surface area contributed by atoms with Gasteiger partial charge < -0.3 is 14.6 Å². The van der Waals surface area contributed by atoms with E-state index in [0.717, 1.165) is 0 Å². The lowest BCUT2D eigenvalue weighted by atomic mass is 10.1. The minimum Gasteiger partial charge on any atom is -0.478 e. The zero-order valence-electron chi connectivity index (χ0n) is 8.53. The number of furan rings is 1. The fourth-order valence-corrected chi connectivity index (χ4v) is 1.48. The molecule has 1 heterocycles. The second-order valence-corrected chi connectivity index (χ2v) is 3.02. The molecule has 0 saturated heterocycles. The SMILES string of the molecule is CCc1oc(CC)c(C(=O)O)c1C(=O)O. The van der Waals surface area contributed by atoms with Crippen LogP contribution in [0.2, 0.25) is 0 Å². The number of hydrogen-bond donors (Lipinski definition) is 2. The van der Waals surface area contributed by atoms with Gasteiger partial charge in [-0.25, -0.2) is 9.59 Å². The van der Waals surface area contributed by atoms with Crippen LogP contribution in [0, 0.1) is 0 Å². The summed E-state index contributed by atoms with van der Waals surface area (Å²) in [5.41, 5.74) is -0.441. The Morgan fingerprint density at radius 3 is 1.53 bits per heavy atom. The number of aryl methyl sites for hydroxylation is 2. The third-order valence-electron chi connectivity index (χ3n) is 2.12. The first-order chi connectivity index (χ1) is 7.02. The second-order valence-electron chi connectivity index (χ2n) is 3.02. The average molecular weight is 212 g/mol. The summed E-state index contributed by atoms with van der Waals surface area (Å²) in [6.07, 6.45) is 0.726. The maximum Gasteiger partial charge on any atom is 0.340 e. The molecule has 0 aliphatic rings. The van der Waals surface area contributed by atoms with Crippen LogP contribution in [0.25, 0.3) is 0 Å². The Kier molecular flexibility index (Phi) is 3.14. The molecule has 0 fully saturated rings. The van der Waals surface area contributed by atoms with Crippen molar-refractivity contribution in [3.8, 4) is 0 Å². The number of carboxylic acids is 2. The predicted octanol–water partition coefficient (Wildman–Crippen LogP) is 1.80. The molecule has 0 spiro atoms. The van der Waals surface area contributed by atoms with E-state index in [2.05, 4.69) is 0 Å². The number of carbonyl (C=O) groups is 2. The number of hydrogen-bond acceptors (Lipinski definition) is 3. The Balaban J connectivity index is 3.48. The van der Waals surface area contributed by atoms with Crippen LogP contribution in [0.5, 0.6) is 0 Å². The van der Waals surface area contributed by atoms with Gasteiger partial charge in [-0.05, 0) is 0 Å². The monoisotopic (exact) mass is 212 g/mol. The molecule has 82 valence electrons. The van der Waals surface area contributed by atoms with Gasteiger partial charge in [0, 0.05) is 12.8 Å². The highest BCUT2D eigenvalue weighted by Gasteiger charge is 2.27. The quantitative estimate of drug-likeness (QED) is 0.794. The number of aromatic carboxylic acids is 2. The molecule has 1 aromatic rings. The first-order valence-corrected chi connectivity index (χ1v) is 4.64. The summed E-state index contributed by atoms with van der Waals surface area (Å²) in [4.78, 5) is 21.8. The van der Waals surface area contributed by atoms with Gasteiger partial charge in [-0.15, -0.1) is 0 Å². The molecule has 1 rings (SSSR count). The smallest absolute Gasteiger partial charge is 0.340 e. The highest BCUT2D eigenvalue weighted by Crippen LogP contribution is 2.24. The van der Waals surface area contributed by atoms with Crippen LogP contribution >= 0.6 is 0 Å². The molecule has 0 radical (unpaired) electrons. The zero-order chi connectivity index (χ0) is 11.6. The van der Waals surface area contributed by atoms with Gasteiger partial charge in [0.05, 0.1) is 0 Å². The standard InChI is InChI=1S/C10H12O5/c1-3-5-7(9(11)12)8(10(13)14)6(4-2)15-5/h3-4H2,1-2H3,(H,11,12)(H,13,14). The van der Waals surface area contributed by atoms with Gasteiger partial charge in [0.2, 0.25) is 0 Å². The minimum absolute atomic E-state index is 0.219. The van der Waals surface area contributed by atoms with Crippen molar-refractivity contribution in [2.45, 2.75) is 26.7 Å². The van der Waals surface area contributed by atoms with Gasteiger partial charge >= 0.3 is 11.9 Å². The Bertz CT molecular complexity index is 366. The molecule has 1 aromatic heterocycles. The Morgan fingerprint density at radius 1 is 1.00 bits per heavy atom. The van der Waals surface area contributed by atoms with Crippen LogP contribution in [0.3, 0.4) is 0 Å². The summed E-state index contributed by atoms with van der Waals surface area (Å²) < 4.78 is 5.21. The number of carboxylic acid groups (broad SMARTS) is 2. The molecular formula is C10H12O5. The van der Waals surface area contributed by atoms with Crippen LogP contribution in [-0.4, -0.2) is 22.2 Å². The van der Waals surface area contributed by atoms with Crippen molar-refractivity contribution < 1.29 is 24.2 Å². The molecule has 0 atom stereocenters. The van der Waals surface area contributed by atoms with Gasteiger partial charge in [-0.2, -0.15) is 0 Å². The van der Waals surface area contributed by atoms with Gasteiger partial charge in [0.1, 0.15) is 22.6 Å². The lowest BCUT2D eigenvalue weighted by Gasteiger charge is -1.95. The normalized spacial score (nSPS) is 10.3. The maximum atomic E-state index is 10.9. The van der Waals surface area contributed by atoms with E-state index >= 15 is 0 Å². The van der Waals surface area contributed by atoms with E-state index in [1.165, 1.54) is 0 Å². The Morgan fingerprint density at radius 2 is 1.33 bits per heavy atom. The largest absolute Gasteiger partial charge is 0.478 e. The first kappa shape index (κ1) is 11.3. The molecule has 2 N–H and O–H groups in total. The molecule has 15 heavy (non-hydrogen) atoms. The van der Waals surface area contributed by atoms with E-state index in [1.54, 1.807) is 13.8 Å². The molecular weight excluding hydrogens is 200 g/mol. The van der Waals surface area contributed by atoms with Crippen molar-refractivity contribution in [3.63, 3.8) is 0 Å². The molecule has 0 aliphatic heterocycles. The summed E-state index contributed by atoms with van der Waals surface area (Å²) in [7, 11) is 0. The van der Waals surface area contributed by atoms with E-state index in [0.29, 0.717) is 12.8 Å². The first-order valence-electron chi connectivity index (χ1n) is 4.64. The van der Waals surface area contributed by atoms with Crippen LogP contribution in [0.1, 0.15) is 46.1 Å². The Hall–Kier alpha value is -1.78. The van der Waals surface area contributed by atoms with E-state index in [1.807, 2.05) is 0 Å². The van der Waals surface area contributed by atoms with Crippen molar-refractivity contribution >= 4 is 11.9 Å². The van der Waals surface area contributed by atoms with Crippen LogP contribution in [0.15, 0.2) is 4.42 Å². The van der Waals surface area contributed by atoms with Gasteiger partial charge in [-0.3, -0.25) is 0 Å². The summed E-state index contributed by atoms with van der Waals surface area (Å²) in [6.45, 7) is 3.44. The van der Waals surface area contributed by atoms with Gasteiger partial charge in [-0.1, -0.05) is 13.8 Å². The molecule has 5 heteroatoms. The highest BCUT2D eigenvalue weighted by atomic mass is 16.4. The molecule has 0 saturated carbocycles. The minimum atomic E-state index is -1.26. The lowest BCUT2D eigenvalue weighted by Crippen LogP contribution is -2.08. The second kappa shape index (κ2) is 4.16. The van der Waals surface area contributed by atoms with E-state index in [4.69, 9.17) is 14.6 Å². The van der Waals surface area contributed by atoms with Gasteiger partial charge in [0.15, 0.2) is 0 Å². The van der Waals surface area contributed by atoms with E-state index in [9.17, 15) is 9.59 Å². The fraction of sp³-hybridized carbons (Fsp3) is 0.400. The third kappa shape index (κ3) is 1.86. The maximum absolute atomic E-state index is 10.9. The lowest BCUT2D eigenvalue weighted by molar-refractivity contribution is 0.0651. The van der Waals surface area contributed by atoms with Crippen molar-refractivity contribution in [2.75, 3.05) is 0 Å². The summed E-state index contributed by atoms with van der Waals surface area (Å²) >= 11 is 0. The zero-order valence-corrected chi connectivity index (χ0v) is 8.53. The molecule has 0 bridgehead atoms. The van der Waals surface area contributed by atoms with Crippen molar-refractivity contribution in [3.05, 3.63) is 22.6 Å². The van der Waals surface area contributed by atoms with Crippen LogP contribution in [-0.2, 0) is 12.8 Å². The van der Waals surface area contributed by atoms with Crippen LogP contribution < -0.4 is 0 Å². The number of rotatable bonds is 4. The predicted molar refractivity (Wildman–Crippen MR) is 51.4 cm³/mol. The summed E-state index contributed by atoms with van der Waals surface area (Å²) in [5.74, 6) is -2.08. The van der Waals surface area contributed by atoms with Crippen molar-refractivity contribution in [1.29, 1.82) is 0 Å². The average Bonchev–Trinajstić information content (AvgIpc) is 2.55. The van der Waals surface area contributed by atoms with E-state index in [-0.39, 0.29) is 22.6 Å². The Labute approximate surface area is 86.3 Å². The van der Waals surface area contributed by atoms with E-state index < -0.39 is 11.9 Å². The molecule has 5 nitrogen and oxygen atoms in total.